The highest BCUT2D eigenvalue weighted by Crippen LogP contribution is 1.50. The first-order valence-electron chi connectivity index (χ1n) is 1.13. The average molecular weight is 104 g/mol. The first-order chi connectivity index (χ1) is 2.77. The maximum atomic E-state index is 9.36. The number of carbonyl (C=O) groups is 1. The van der Waals surface area contributed by atoms with Crippen LogP contribution in [-0.4, -0.2) is 16.7 Å². The molecule has 0 aliphatic carbocycles. The summed E-state index contributed by atoms with van der Waals surface area (Å²) < 4.78 is 0. The van der Waals surface area contributed by atoms with E-state index in [9.17, 15) is 4.79 Å². The van der Waals surface area contributed by atoms with E-state index in [4.69, 9.17) is 5.11 Å². The standard InChI is InChI=1S/C2H2NO2S/c4-2(5)3-1-6/h(H,3,6)(H,4,5). The van der Waals surface area contributed by atoms with Gasteiger partial charge >= 0.3 is 6.09 Å². The SMILES string of the molecule is O=C(O)N[C]=S. The van der Waals surface area contributed by atoms with E-state index in [1.807, 2.05) is 0 Å². The summed E-state index contributed by atoms with van der Waals surface area (Å²) in [6.07, 6.45) is -1.18. The Morgan fingerprint density at radius 2 is 2.50 bits per heavy atom. The van der Waals surface area contributed by atoms with E-state index >= 15 is 0 Å². The van der Waals surface area contributed by atoms with Crippen LogP contribution in [0.15, 0.2) is 0 Å². The molecule has 6 heavy (non-hydrogen) atoms. The van der Waals surface area contributed by atoms with E-state index in [1.165, 1.54) is 0 Å². The molecule has 0 aromatic carbocycles. The van der Waals surface area contributed by atoms with Crippen LogP contribution in [0.1, 0.15) is 0 Å². The summed E-state index contributed by atoms with van der Waals surface area (Å²) in [7, 11) is 0. The van der Waals surface area contributed by atoms with Crippen molar-refractivity contribution in [2.75, 3.05) is 0 Å². The molecule has 0 aromatic heterocycles. The monoisotopic (exact) mass is 104 g/mol. The maximum Gasteiger partial charge on any atom is 0.409 e. The lowest BCUT2D eigenvalue weighted by Crippen LogP contribution is -2.16. The third kappa shape index (κ3) is 3.36. The molecule has 0 heterocycles. The summed E-state index contributed by atoms with van der Waals surface area (Å²) in [6.45, 7) is 0. The molecule has 1 radical (unpaired) electrons. The van der Waals surface area contributed by atoms with Crippen molar-refractivity contribution in [1.29, 1.82) is 0 Å². The molecule has 1 amide bonds. The minimum absolute atomic E-state index is 1.18. The molecule has 0 aromatic rings. The van der Waals surface area contributed by atoms with Crippen LogP contribution < -0.4 is 5.32 Å². The van der Waals surface area contributed by atoms with E-state index in [0.29, 0.717) is 0 Å². The van der Waals surface area contributed by atoms with Gasteiger partial charge in [0, 0.05) is 0 Å². The van der Waals surface area contributed by atoms with E-state index in [1.54, 1.807) is 10.8 Å². The second-order valence-electron chi connectivity index (χ2n) is 0.532. The Morgan fingerprint density at radius 1 is 2.00 bits per heavy atom. The molecule has 0 fully saturated rings. The second-order valence-corrected chi connectivity index (χ2v) is 0.736. The predicted molar refractivity (Wildman–Crippen MR) is 23.8 cm³/mol. The van der Waals surface area contributed by atoms with Gasteiger partial charge in [0.1, 0.15) is 5.49 Å². The fourth-order valence-electron chi connectivity index (χ4n) is 0.0437. The molecular formula is C2H2NO2S. The molecule has 0 saturated carbocycles. The number of carboxylic acid groups (broad SMARTS) is 1. The van der Waals surface area contributed by atoms with Gasteiger partial charge in [0.2, 0.25) is 0 Å². The van der Waals surface area contributed by atoms with Gasteiger partial charge in [-0.2, -0.15) is 0 Å². The summed E-state index contributed by atoms with van der Waals surface area (Å²) in [4.78, 5) is 9.36. The van der Waals surface area contributed by atoms with Gasteiger partial charge in [-0.05, 0) is 0 Å². The molecule has 0 saturated heterocycles. The van der Waals surface area contributed by atoms with Crippen LogP contribution in [0, 0.1) is 0 Å². The highest BCUT2D eigenvalue weighted by Gasteiger charge is 1.82. The lowest BCUT2D eigenvalue weighted by Gasteiger charge is -1.78. The minimum Gasteiger partial charge on any atom is -0.465 e. The van der Waals surface area contributed by atoms with E-state index < -0.39 is 6.09 Å². The molecular weight excluding hydrogens is 102 g/mol. The third-order valence-electron chi connectivity index (χ3n) is 0.158. The quantitative estimate of drug-likeness (QED) is 0.366. The average Bonchev–Trinajstić information content (AvgIpc) is 1.35. The Bertz CT molecular complexity index is 71.9. The number of amides is 1. The fourth-order valence-corrected chi connectivity index (χ4v) is 0.131. The van der Waals surface area contributed by atoms with Crippen LogP contribution in [0.2, 0.25) is 0 Å². The van der Waals surface area contributed by atoms with E-state index in [2.05, 4.69) is 12.2 Å². The van der Waals surface area contributed by atoms with Crippen molar-refractivity contribution in [2.24, 2.45) is 0 Å². The molecule has 33 valence electrons. The normalized spacial score (nSPS) is 6.67. The van der Waals surface area contributed by atoms with Gasteiger partial charge in [-0.15, -0.1) is 0 Å². The Kier molecular flexibility index (Phi) is 2.31. The largest absolute Gasteiger partial charge is 0.465 e. The summed E-state index contributed by atoms with van der Waals surface area (Å²) in [6, 6.07) is 0. The van der Waals surface area contributed by atoms with Crippen molar-refractivity contribution < 1.29 is 9.90 Å². The minimum atomic E-state index is -1.18. The Labute approximate surface area is 40.0 Å². The summed E-state index contributed by atoms with van der Waals surface area (Å²) in [5.74, 6) is 0. The predicted octanol–water partition coefficient (Wildman–Crippen LogP) is 0.0882. The van der Waals surface area contributed by atoms with Gasteiger partial charge in [-0.1, -0.05) is 12.2 Å². The topological polar surface area (TPSA) is 49.3 Å². The van der Waals surface area contributed by atoms with Gasteiger partial charge in [-0.3, -0.25) is 5.32 Å². The highest BCUT2D eigenvalue weighted by atomic mass is 32.1. The maximum absolute atomic E-state index is 9.36. The molecule has 0 atom stereocenters. The smallest absolute Gasteiger partial charge is 0.409 e. The first kappa shape index (κ1) is 5.36. The van der Waals surface area contributed by atoms with Crippen molar-refractivity contribution >= 4 is 23.8 Å². The number of hydrogen-bond donors (Lipinski definition) is 2. The van der Waals surface area contributed by atoms with Crippen LogP contribution >= 0.6 is 12.2 Å². The number of thiocarbonyl (C=S) groups is 1. The van der Waals surface area contributed by atoms with Crippen molar-refractivity contribution in [3.8, 4) is 0 Å². The zero-order chi connectivity index (χ0) is 4.99. The molecule has 2 N–H and O–H groups in total. The molecule has 0 aliphatic heterocycles. The van der Waals surface area contributed by atoms with Gasteiger partial charge in [-0.25, -0.2) is 4.79 Å². The molecule has 0 aliphatic rings. The molecule has 0 unspecified atom stereocenters. The Hall–Kier alpha value is -0.640. The van der Waals surface area contributed by atoms with Crippen LogP contribution in [-0.2, 0) is 0 Å². The van der Waals surface area contributed by atoms with Gasteiger partial charge in [0.15, 0.2) is 0 Å². The summed E-state index contributed by atoms with van der Waals surface area (Å²) in [5.41, 5.74) is 1.80. The number of hydrogen-bond acceptors (Lipinski definition) is 2. The Balaban J connectivity index is 3.05. The fraction of sp³-hybridized carbons (Fsp3) is 0. The van der Waals surface area contributed by atoms with Crippen LogP contribution in [0.3, 0.4) is 0 Å². The van der Waals surface area contributed by atoms with Crippen LogP contribution in [0.25, 0.3) is 0 Å². The van der Waals surface area contributed by atoms with Crippen molar-refractivity contribution in [1.82, 2.24) is 5.32 Å². The Morgan fingerprint density at radius 3 is 2.50 bits per heavy atom. The first-order valence-corrected chi connectivity index (χ1v) is 1.54. The van der Waals surface area contributed by atoms with Gasteiger partial charge < -0.3 is 5.11 Å². The number of nitrogens with one attached hydrogen (secondary N) is 1. The molecule has 4 heteroatoms. The summed E-state index contributed by atoms with van der Waals surface area (Å²) >= 11 is 3.99. The molecule has 3 nitrogen and oxygen atoms in total. The molecule has 0 bridgehead atoms. The van der Waals surface area contributed by atoms with Crippen molar-refractivity contribution in [3.63, 3.8) is 0 Å². The van der Waals surface area contributed by atoms with E-state index in [-0.39, 0.29) is 0 Å². The van der Waals surface area contributed by atoms with E-state index in [0.717, 1.165) is 0 Å². The zero-order valence-electron chi connectivity index (χ0n) is 2.76. The lowest BCUT2D eigenvalue weighted by atomic mass is 11.1. The summed E-state index contributed by atoms with van der Waals surface area (Å²) in [5, 5.41) is 9.36. The van der Waals surface area contributed by atoms with Crippen LogP contribution in [0.5, 0.6) is 0 Å². The van der Waals surface area contributed by atoms with Gasteiger partial charge in [0.25, 0.3) is 0 Å². The van der Waals surface area contributed by atoms with Gasteiger partial charge in [0.05, 0.1) is 0 Å². The third-order valence-corrected chi connectivity index (χ3v) is 0.260. The van der Waals surface area contributed by atoms with Crippen LogP contribution in [0.4, 0.5) is 4.79 Å². The zero-order valence-corrected chi connectivity index (χ0v) is 3.58. The lowest BCUT2D eigenvalue weighted by molar-refractivity contribution is 0.200. The molecule has 0 spiro atoms. The van der Waals surface area contributed by atoms with Crippen molar-refractivity contribution in [2.45, 2.75) is 0 Å². The second kappa shape index (κ2) is 2.59. The number of rotatable bonds is 1. The van der Waals surface area contributed by atoms with Crippen molar-refractivity contribution in [3.05, 3.63) is 0 Å². The molecule has 0 rings (SSSR count). The highest BCUT2D eigenvalue weighted by molar-refractivity contribution is 7.78.